The highest BCUT2D eigenvalue weighted by atomic mass is 16.8. The van der Waals surface area contributed by atoms with Crippen molar-refractivity contribution in [3.63, 3.8) is 0 Å². The number of alkyl carbamates (subject to hydrolysis) is 1. The molecular weight excluding hydrogens is 1490 g/mol. The highest BCUT2D eigenvalue weighted by Gasteiger charge is 2.45. The number of aromatic nitrogens is 8. The molecule has 24 nitrogen and oxygen atoms in total. The van der Waals surface area contributed by atoms with Gasteiger partial charge < -0.3 is 54.1 Å². The maximum Gasteiger partial charge on any atom is 0.444 e. The molecule has 4 fully saturated rings. The molecule has 0 radical (unpaired) electrons. The first-order valence-corrected chi connectivity index (χ1v) is 40.9. The number of amides is 6. The fourth-order valence-electron chi connectivity index (χ4n) is 15.8. The molecule has 5 N–H and O–H groups in total. The monoisotopic (exact) mass is 1590 g/mol. The van der Waals surface area contributed by atoms with Crippen LogP contribution in [0.3, 0.4) is 0 Å². The minimum atomic E-state index is -1.42. The molecule has 16 rings (SSSR count). The summed E-state index contributed by atoms with van der Waals surface area (Å²) >= 11 is 0. The third kappa shape index (κ3) is 18.7. The third-order valence-electron chi connectivity index (χ3n) is 21.4. The quantitative estimate of drug-likeness (QED) is 0.0444. The highest BCUT2D eigenvalue weighted by Crippen LogP contribution is 2.42. The number of hydrogen-bond acceptors (Lipinski definition) is 14. The van der Waals surface area contributed by atoms with E-state index in [2.05, 4.69) is 170 Å². The normalized spacial score (nSPS) is 17.1. The van der Waals surface area contributed by atoms with Crippen molar-refractivity contribution in [3.05, 3.63) is 241 Å². The highest BCUT2D eigenvalue weighted by molar-refractivity contribution is 5.93. The Bertz CT molecular complexity index is 5510. The van der Waals surface area contributed by atoms with Gasteiger partial charge in [-0.05, 0) is 174 Å². The maximum atomic E-state index is 15.4. The number of nitrogens with one attached hydrogen (secondary N) is 5. The molecule has 4 aromatic heterocycles. The largest absolute Gasteiger partial charge is 0.453 e. The van der Waals surface area contributed by atoms with Gasteiger partial charge in [-0.15, -0.1) is 5.06 Å². The number of hydrogen-bond donors (Lipinski definition) is 5. The molecule has 12 aromatic rings. The Labute approximate surface area is 688 Å². The molecule has 24 heteroatoms. The van der Waals surface area contributed by atoms with E-state index in [1.165, 1.54) is 19.1 Å². The van der Waals surface area contributed by atoms with Crippen LogP contribution in [0.5, 0.6) is 0 Å². The van der Waals surface area contributed by atoms with Gasteiger partial charge in [-0.3, -0.25) is 19.4 Å². The Morgan fingerprint density at radius 3 is 1.13 bits per heavy atom. The van der Waals surface area contributed by atoms with E-state index >= 15 is 4.79 Å². The van der Waals surface area contributed by atoms with Crippen LogP contribution in [0.1, 0.15) is 184 Å². The van der Waals surface area contributed by atoms with Crippen LogP contribution in [0.25, 0.3) is 88.8 Å². The number of H-pyrrole nitrogens is 4. The summed E-state index contributed by atoms with van der Waals surface area (Å²) in [6, 6.07) is 55.9. The number of imidazole rings is 4. The van der Waals surface area contributed by atoms with E-state index in [4.69, 9.17) is 39.0 Å². The molecule has 4 aliphatic heterocycles. The predicted octanol–water partition coefficient (Wildman–Crippen LogP) is 20.4. The summed E-state index contributed by atoms with van der Waals surface area (Å²) < 4.78 is 15.9. The topological polar surface area (TPSA) is 282 Å². The minimum absolute atomic E-state index is 0.172. The first kappa shape index (κ1) is 81.7. The van der Waals surface area contributed by atoms with E-state index in [1.54, 1.807) is 57.6 Å². The van der Waals surface area contributed by atoms with Gasteiger partial charge in [0.1, 0.15) is 34.9 Å². The van der Waals surface area contributed by atoms with Gasteiger partial charge in [0.15, 0.2) is 6.04 Å². The van der Waals surface area contributed by atoms with Gasteiger partial charge in [0, 0.05) is 37.3 Å². The predicted molar refractivity (Wildman–Crippen MR) is 456 cm³/mol. The Morgan fingerprint density at radius 1 is 0.407 bits per heavy atom. The van der Waals surface area contributed by atoms with Crippen molar-refractivity contribution in [2.45, 2.75) is 156 Å². The van der Waals surface area contributed by atoms with Crippen LogP contribution in [0.2, 0.25) is 0 Å². The lowest BCUT2D eigenvalue weighted by molar-refractivity contribution is -0.160. The second-order valence-corrected chi connectivity index (χ2v) is 32.9. The zero-order valence-corrected chi connectivity index (χ0v) is 68.8. The first-order valence-electron chi connectivity index (χ1n) is 40.9. The third-order valence-corrected chi connectivity index (χ3v) is 21.4. The lowest BCUT2D eigenvalue weighted by Crippen LogP contribution is -2.48. The molecular formula is C94H104N14O10. The van der Waals surface area contributed by atoms with Crippen LogP contribution >= 0.6 is 0 Å². The smallest absolute Gasteiger partial charge is 0.444 e. The van der Waals surface area contributed by atoms with Gasteiger partial charge in [-0.1, -0.05) is 199 Å². The van der Waals surface area contributed by atoms with Gasteiger partial charge in [-0.2, -0.15) is 0 Å². The summed E-state index contributed by atoms with van der Waals surface area (Å²) in [6.45, 7) is 20.4. The lowest BCUT2D eigenvalue weighted by Gasteiger charge is -2.34. The van der Waals surface area contributed by atoms with Crippen LogP contribution in [-0.2, 0) is 28.6 Å². The fraction of sp³-hybridized carbons (Fsp3) is 0.340. The van der Waals surface area contributed by atoms with E-state index in [9.17, 15) is 24.0 Å². The lowest BCUT2D eigenvalue weighted by atomic mass is 9.98. The second-order valence-electron chi connectivity index (χ2n) is 32.9. The molecule has 6 amide bonds. The van der Waals surface area contributed by atoms with Crippen molar-refractivity contribution in [1.82, 2.24) is 69.9 Å². The number of ether oxygens (including phenoxy) is 3. The Hall–Kier alpha value is -12.9. The number of aromatic amines is 4. The number of methoxy groups -OCH3 is 2. The SMILES string of the molecule is CC(C)C.CC(C)C.COC(=O)NC(C(=O)N1CCCC1c1ncc(-c2ccc3cc(-c4ccc(-c5cnc(C6CCCN6C(=O)C(c6ccccc6)N(OC(=O)N6CCCC6c6ncc(-c7ccc8cc(-c9ccc(-c%10cnc(C%11CCCN%11C(=O)OC(C)(C)C)[nH]%10)cc9)ccc8c7)[nH]6)C(=O)OC)[nH]5)cc4)ccc3c2)[nH]1)c1ccccc1. The van der Waals surface area contributed by atoms with Crippen LogP contribution < -0.4 is 5.32 Å². The molecule has 0 bridgehead atoms. The van der Waals surface area contributed by atoms with E-state index in [0.29, 0.717) is 80.5 Å². The van der Waals surface area contributed by atoms with Crippen molar-refractivity contribution in [2.75, 3.05) is 40.4 Å². The second kappa shape index (κ2) is 36.1. The average Bonchev–Trinajstić information content (AvgIpc) is 1.72. The van der Waals surface area contributed by atoms with Gasteiger partial charge in [0.05, 0.1) is 86.0 Å². The number of carbonyl (C=O) groups is 6. The van der Waals surface area contributed by atoms with E-state index in [1.807, 2.05) is 81.6 Å². The number of hydroxylamine groups is 2. The van der Waals surface area contributed by atoms with Crippen molar-refractivity contribution in [2.24, 2.45) is 11.8 Å². The summed E-state index contributed by atoms with van der Waals surface area (Å²) in [5, 5.41) is 7.67. The first-order chi connectivity index (χ1) is 56.9. The van der Waals surface area contributed by atoms with Gasteiger partial charge >= 0.3 is 24.4 Å². The molecule has 6 unspecified atom stereocenters. The summed E-state index contributed by atoms with van der Waals surface area (Å²) in [6.07, 6.45) is 9.94. The molecule has 0 aliphatic carbocycles. The number of nitrogens with zero attached hydrogens (tertiary/aromatic N) is 9. The molecule has 6 atom stereocenters. The Kier molecular flexibility index (Phi) is 25.0. The van der Waals surface area contributed by atoms with E-state index in [-0.39, 0.29) is 24.1 Å². The van der Waals surface area contributed by atoms with Crippen LogP contribution in [0.4, 0.5) is 19.2 Å². The molecule has 0 saturated carbocycles. The fourth-order valence-corrected chi connectivity index (χ4v) is 15.8. The van der Waals surface area contributed by atoms with Gasteiger partial charge in [0.25, 0.3) is 11.8 Å². The molecule has 8 aromatic carbocycles. The number of rotatable bonds is 16. The molecule has 610 valence electrons. The van der Waals surface area contributed by atoms with E-state index < -0.39 is 54.0 Å². The van der Waals surface area contributed by atoms with Crippen LogP contribution in [-0.4, -0.2) is 147 Å². The molecule has 8 heterocycles. The van der Waals surface area contributed by atoms with Gasteiger partial charge in [-0.25, -0.2) is 39.1 Å². The summed E-state index contributed by atoms with van der Waals surface area (Å²) in [5.74, 6) is 3.52. The summed E-state index contributed by atoms with van der Waals surface area (Å²) in [5.41, 5.74) is 11.6. The summed E-state index contributed by atoms with van der Waals surface area (Å²) in [7, 11) is 2.46. The van der Waals surface area contributed by atoms with Crippen molar-refractivity contribution in [3.8, 4) is 67.3 Å². The molecule has 4 saturated heterocycles. The number of benzene rings is 8. The van der Waals surface area contributed by atoms with Gasteiger partial charge in [0.2, 0.25) is 0 Å². The number of carbonyl (C=O) groups excluding carboxylic acids is 6. The maximum absolute atomic E-state index is 15.4. The van der Waals surface area contributed by atoms with E-state index in [0.717, 1.165) is 137 Å². The van der Waals surface area contributed by atoms with Crippen LogP contribution in [0.15, 0.2) is 207 Å². The minimum Gasteiger partial charge on any atom is -0.453 e. The van der Waals surface area contributed by atoms with Crippen molar-refractivity contribution in [1.29, 1.82) is 0 Å². The standard InChI is InChI=1S/C86H84N14O10.2C4H10/c1-86(2,3)109-83(104)98-42-14-22-72(98)78-88-49-67(92-78)55-30-26-53(27-31-55)59-33-35-63-47-65(39-37-61(63)45-59)69-51-90-79(94-69)73-23-15-43-99(73)84(105)110-100(85(106)108-5)75(57-18-10-7-11-19-57)81(102)97-41-13-21-71(97)77-87-48-66(91-77)54-28-24-52(25-29-54)58-32-34-62-46-64(38-36-60(62)44-58)68-50-89-76(93-68)70-20-12-40-96(70)80(101)74(95-82(103)107-4)56-16-8-6-9-17-56;2*1-4(2)3/h6-11,16-19,24-39,44-51,70-75H,12-15,20-23,40-43H2,1-5H3,(H,87,91)(H,88,92)(H,89,93)(H,90,94)(H,95,103);2*4H,1-3H3. The van der Waals surface area contributed by atoms with Crippen molar-refractivity contribution < 1.29 is 47.8 Å². The average molecular weight is 1590 g/mol. The zero-order chi connectivity index (χ0) is 82.9. The Balaban J connectivity index is 0.00000137. The zero-order valence-electron chi connectivity index (χ0n) is 68.8. The summed E-state index contributed by atoms with van der Waals surface area (Å²) in [4.78, 5) is 130. The Morgan fingerprint density at radius 2 is 0.737 bits per heavy atom. The molecule has 0 spiro atoms. The number of fused-ring (bicyclic) bond motifs is 2. The van der Waals surface area contributed by atoms with Crippen molar-refractivity contribution >= 4 is 57.7 Å². The molecule has 4 aliphatic rings. The molecule has 118 heavy (non-hydrogen) atoms. The van der Waals surface area contributed by atoms with Crippen LogP contribution in [0, 0.1) is 11.8 Å². The number of likely N-dealkylation sites (tertiary alicyclic amines) is 4.